The van der Waals surface area contributed by atoms with Crippen molar-refractivity contribution >= 4 is 28.8 Å². The smallest absolute Gasteiger partial charge is 0.230 e. The summed E-state index contributed by atoms with van der Waals surface area (Å²) in [5.41, 5.74) is 2.57. The van der Waals surface area contributed by atoms with Gasteiger partial charge in [0.1, 0.15) is 0 Å². The third-order valence-corrected chi connectivity index (χ3v) is 7.02. The van der Waals surface area contributed by atoms with Crippen molar-refractivity contribution in [3.63, 3.8) is 0 Å². The van der Waals surface area contributed by atoms with Crippen LogP contribution in [0.15, 0.2) is 41.1 Å². The van der Waals surface area contributed by atoms with Crippen LogP contribution in [-0.2, 0) is 11.3 Å². The summed E-state index contributed by atoms with van der Waals surface area (Å²) in [6.45, 7) is 4.86. The normalized spacial score (nSPS) is 22.2. The summed E-state index contributed by atoms with van der Waals surface area (Å²) >= 11 is 7.84. The molecule has 2 fully saturated rings. The van der Waals surface area contributed by atoms with Gasteiger partial charge in [0.05, 0.1) is 5.92 Å². The van der Waals surface area contributed by atoms with Crippen LogP contribution in [0.25, 0.3) is 0 Å². The quantitative estimate of drug-likeness (QED) is 0.806. The SMILES string of the molecule is CC(C(=O)N(Cc1ccsc1)C1CC12CCNCC2)c1cccc(Cl)c1. The van der Waals surface area contributed by atoms with Crippen LogP contribution in [0.5, 0.6) is 0 Å². The molecule has 2 unspecified atom stereocenters. The summed E-state index contributed by atoms with van der Waals surface area (Å²) in [5, 5.41) is 8.38. The highest BCUT2D eigenvalue weighted by Crippen LogP contribution is 2.56. The third kappa shape index (κ3) is 3.55. The Morgan fingerprint density at radius 2 is 2.19 bits per heavy atom. The molecule has 0 bridgehead atoms. The fourth-order valence-corrected chi connectivity index (χ4v) is 5.18. The zero-order valence-corrected chi connectivity index (χ0v) is 16.7. The first-order valence-electron chi connectivity index (χ1n) is 9.37. The number of hydrogen-bond donors (Lipinski definition) is 1. The standard InChI is InChI=1S/C21H25ClN2OS/c1-15(17-3-2-4-18(22)11-17)20(25)24(13-16-5-10-26-14-16)19-12-21(19)6-8-23-9-7-21/h2-5,10-11,14-15,19,23H,6-9,12-13H2,1H3. The van der Waals surface area contributed by atoms with Gasteiger partial charge in [0.2, 0.25) is 5.91 Å². The van der Waals surface area contributed by atoms with Gasteiger partial charge in [-0.1, -0.05) is 23.7 Å². The van der Waals surface area contributed by atoms with Gasteiger partial charge < -0.3 is 10.2 Å². The highest BCUT2D eigenvalue weighted by atomic mass is 35.5. The maximum atomic E-state index is 13.5. The van der Waals surface area contributed by atoms with Crippen LogP contribution in [0, 0.1) is 5.41 Å². The number of rotatable bonds is 5. The number of carbonyl (C=O) groups excluding carboxylic acids is 1. The number of nitrogens with zero attached hydrogens (tertiary/aromatic N) is 1. The molecule has 5 heteroatoms. The van der Waals surface area contributed by atoms with E-state index in [-0.39, 0.29) is 11.8 Å². The van der Waals surface area contributed by atoms with Crippen molar-refractivity contribution in [2.45, 2.75) is 44.7 Å². The summed E-state index contributed by atoms with van der Waals surface area (Å²) < 4.78 is 0. The average molecular weight is 389 g/mol. The molecule has 1 aromatic heterocycles. The number of amides is 1. The number of benzene rings is 1. The van der Waals surface area contributed by atoms with Gasteiger partial charge in [-0.05, 0) is 84.8 Å². The molecule has 1 aliphatic heterocycles. The van der Waals surface area contributed by atoms with Crippen LogP contribution < -0.4 is 5.32 Å². The summed E-state index contributed by atoms with van der Waals surface area (Å²) in [5.74, 6) is 0.0468. The van der Waals surface area contributed by atoms with E-state index in [1.807, 2.05) is 31.2 Å². The molecule has 1 saturated heterocycles. The van der Waals surface area contributed by atoms with E-state index in [0.29, 0.717) is 23.0 Å². The van der Waals surface area contributed by atoms with E-state index >= 15 is 0 Å². The molecule has 1 saturated carbocycles. The third-order valence-electron chi connectivity index (χ3n) is 6.06. The molecular formula is C21H25ClN2OS. The molecule has 2 atom stereocenters. The van der Waals surface area contributed by atoms with Crippen LogP contribution in [0.4, 0.5) is 0 Å². The summed E-state index contributed by atoms with van der Waals surface area (Å²) in [6, 6.07) is 10.2. The summed E-state index contributed by atoms with van der Waals surface area (Å²) in [4.78, 5) is 15.6. The lowest BCUT2D eigenvalue weighted by molar-refractivity contribution is -0.134. The van der Waals surface area contributed by atoms with Crippen LogP contribution in [0.1, 0.15) is 43.2 Å². The zero-order chi connectivity index (χ0) is 18.1. The molecule has 1 aliphatic carbocycles. The van der Waals surface area contributed by atoms with Gasteiger partial charge in [-0.15, -0.1) is 0 Å². The van der Waals surface area contributed by atoms with Crippen LogP contribution >= 0.6 is 22.9 Å². The second-order valence-corrected chi connectivity index (χ2v) is 8.92. The van der Waals surface area contributed by atoms with Crippen LogP contribution in [0.2, 0.25) is 5.02 Å². The first kappa shape index (κ1) is 18.0. The number of hydrogen-bond acceptors (Lipinski definition) is 3. The molecule has 1 amide bonds. The van der Waals surface area contributed by atoms with Crippen molar-refractivity contribution in [2.75, 3.05) is 13.1 Å². The lowest BCUT2D eigenvalue weighted by Gasteiger charge is -2.31. The first-order chi connectivity index (χ1) is 12.6. The van der Waals surface area contributed by atoms with Crippen LogP contribution in [-0.4, -0.2) is 29.9 Å². The van der Waals surface area contributed by atoms with Gasteiger partial charge in [-0.3, -0.25) is 4.79 Å². The Kier molecular flexibility index (Phi) is 5.09. The maximum Gasteiger partial charge on any atom is 0.230 e. The van der Waals surface area contributed by atoms with E-state index in [1.54, 1.807) is 11.3 Å². The molecular weight excluding hydrogens is 364 g/mol. The van der Waals surface area contributed by atoms with Gasteiger partial charge in [-0.25, -0.2) is 0 Å². The van der Waals surface area contributed by atoms with E-state index in [0.717, 1.165) is 25.1 Å². The molecule has 26 heavy (non-hydrogen) atoms. The van der Waals surface area contributed by atoms with Gasteiger partial charge in [-0.2, -0.15) is 11.3 Å². The van der Waals surface area contributed by atoms with E-state index in [4.69, 9.17) is 11.6 Å². The fourth-order valence-electron chi connectivity index (χ4n) is 4.32. The minimum absolute atomic E-state index is 0.174. The van der Waals surface area contributed by atoms with E-state index < -0.39 is 0 Å². The second-order valence-electron chi connectivity index (χ2n) is 7.71. The van der Waals surface area contributed by atoms with Gasteiger partial charge in [0, 0.05) is 17.6 Å². The Hall–Kier alpha value is -1.36. The van der Waals surface area contributed by atoms with Crippen molar-refractivity contribution in [3.05, 3.63) is 57.2 Å². The number of nitrogens with one attached hydrogen (secondary N) is 1. The molecule has 1 aromatic carbocycles. The lowest BCUT2D eigenvalue weighted by atomic mass is 9.92. The fraction of sp³-hybridized carbons (Fsp3) is 0.476. The van der Waals surface area contributed by atoms with Crippen molar-refractivity contribution in [1.82, 2.24) is 10.2 Å². The minimum atomic E-state index is -0.174. The number of halogens is 1. The first-order valence-corrected chi connectivity index (χ1v) is 10.7. The maximum absolute atomic E-state index is 13.5. The Bertz CT molecular complexity index is 770. The topological polar surface area (TPSA) is 32.3 Å². The summed E-state index contributed by atoms with van der Waals surface area (Å²) in [6.07, 6.45) is 3.50. The Morgan fingerprint density at radius 3 is 2.88 bits per heavy atom. The molecule has 1 spiro atoms. The monoisotopic (exact) mass is 388 g/mol. The van der Waals surface area contributed by atoms with Gasteiger partial charge in [0.25, 0.3) is 0 Å². The predicted octanol–water partition coefficient (Wildman–Crippen LogP) is 4.68. The van der Waals surface area contributed by atoms with Crippen molar-refractivity contribution in [2.24, 2.45) is 5.41 Å². The minimum Gasteiger partial charge on any atom is -0.334 e. The number of thiophene rings is 1. The van der Waals surface area contributed by atoms with E-state index in [2.05, 4.69) is 27.0 Å². The van der Waals surface area contributed by atoms with Gasteiger partial charge in [0.15, 0.2) is 0 Å². The summed E-state index contributed by atoms with van der Waals surface area (Å²) in [7, 11) is 0. The van der Waals surface area contributed by atoms with E-state index in [1.165, 1.54) is 18.4 Å². The molecule has 138 valence electrons. The largest absolute Gasteiger partial charge is 0.334 e. The van der Waals surface area contributed by atoms with Crippen molar-refractivity contribution in [3.8, 4) is 0 Å². The Labute approximate surface area is 164 Å². The average Bonchev–Trinajstić information content (AvgIpc) is 3.07. The van der Waals surface area contributed by atoms with Crippen molar-refractivity contribution in [1.29, 1.82) is 0 Å². The molecule has 4 rings (SSSR count). The van der Waals surface area contributed by atoms with Crippen molar-refractivity contribution < 1.29 is 4.79 Å². The number of piperidine rings is 1. The zero-order valence-electron chi connectivity index (χ0n) is 15.1. The van der Waals surface area contributed by atoms with E-state index in [9.17, 15) is 4.79 Å². The molecule has 1 N–H and O–H groups in total. The van der Waals surface area contributed by atoms with Crippen LogP contribution in [0.3, 0.4) is 0 Å². The van der Waals surface area contributed by atoms with Gasteiger partial charge >= 0.3 is 0 Å². The molecule has 2 heterocycles. The molecule has 3 nitrogen and oxygen atoms in total. The highest BCUT2D eigenvalue weighted by molar-refractivity contribution is 7.07. The predicted molar refractivity (Wildman–Crippen MR) is 108 cm³/mol. The number of carbonyl (C=O) groups is 1. The molecule has 2 aromatic rings. The highest BCUT2D eigenvalue weighted by Gasteiger charge is 2.58. The Balaban J connectivity index is 1.57. The Morgan fingerprint density at radius 1 is 1.38 bits per heavy atom. The molecule has 0 radical (unpaired) electrons. The second kappa shape index (κ2) is 7.34. The lowest BCUT2D eigenvalue weighted by Crippen LogP contribution is -2.40. The molecule has 2 aliphatic rings.